The van der Waals surface area contributed by atoms with Gasteiger partial charge in [-0.2, -0.15) is 13.2 Å². The van der Waals surface area contributed by atoms with Crippen LogP contribution in [0.3, 0.4) is 0 Å². The van der Waals surface area contributed by atoms with E-state index in [1.165, 1.54) is 17.7 Å². The van der Waals surface area contributed by atoms with Crippen LogP contribution in [0.5, 0.6) is 0 Å². The van der Waals surface area contributed by atoms with Crippen molar-refractivity contribution in [3.63, 3.8) is 0 Å². The van der Waals surface area contributed by atoms with Crippen LogP contribution >= 0.6 is 0 Å². The SMILES string of the molecule is CC[C@@H]1CC2C(CC[C@@]3(C)C2CC[C@@H]3C(=O)Nc2ccc(C(F)(F)F)cc2)[C@@]2(C)CCC(=O)C=C12. The number of hydrogen-bond acceptors (Lipinski definition) is 2. The summed E-state index contributed by atoms with van der Waals surface area (Å²) in [5.41, 5.74) is 1.07. The lowest BCUT2D eigenvalue weighted by Gasteiger charge is -2.59. The Hall–Kier alpha value is -2.11. The number of ketones is 1. The highest BCUT2D eigenvalue weighted by Gasteiger charge is 2.61. The molecule has 6 heteroatoms. The minimum Gasteiger partial charge on any atom is -0.326 e. The molecule has 1 amide bonds. The van der Waals surface area contributed by atoms with E-state index >= 15 is 0 Å². The van der Waals surface area contributed by atoms with Gasteiger partial charge < -0.3 is 5.32 Å². The third-order valence-corrected chi connectivity index (χ3v) is 10.4. The van der Waals surface area contributed by atoms with Gasteiger partial charge >= 0.3 is 6.18 Å². The second-order valence-corrected chi connectivity index (χ2v) is 11.9. The van der Waals surface area contributed by atoms with Gasteiger partial charge in [0.05, 0.1) is 5.56 Å². The summed E-state index contributed by atoms with van der Waals surface area (Å²) >= 11 is 0. The topological polar surface area (TPSA) is 46.2 Å². The average molecular weight is 488 g/mol. The first-order valence-corrected chi connectivity index (χ1v) is 13.2. The van der Waals surface area contributed by atoms with E-state index in [-0.39, 0.29) is 28.4 Å². The van der Waals surface area contributed by atoms with Crippen LogP contribution in [-0.4, -0.2) is 11.7 Å². The Morgan fingerprint density at radius 3 is 2.43 bits per heavy atom. The number of fused-ring (bicyclic) bond motifs is 5. The van der Waals surface area contributed by atoms with E-state index in [0.29, 0.717) is 35.8 Å². The normalized spacial score (nSPS) is 38.7. The molecule has 1 N–H and O–H groups in total. The molecule has 0 spiro atoms. The minimum atomic E-state index is -4.39. The zero-order valence-electron chi connectivity index (χ0n) is 20.9. The van der Waals surface area contributed by atoms with Crippen molar-refractivity contribution in [3.05, 3.63) is 41.5 Å². The van der Waals surface area contributed by atoms with E-state index in [2.05, 4.69) is 26.1 Å². The molecule has 190 valence electrons. The molecular weight excluding hydrogens is 451 g/mol. The summed E-state index contributed by atoms with van der Waals surface area (Å²) in [6, 6.07) is 4.73. The molecule has 1 aromatic carbocycles. The minimum absolute atomic E-state index is 0.0638. The molecule has 4 aliphatic carbocycles. The lowest BCUT2D eigenvalue weighted by Crippen LogP contribution is -2.53. The first-order valence-electron chi connectivity index (χ1n) is 13.2. The summed E-state index contributed by atoms with van der Waals surface area (Å²) in [6.07, 6.45) is 5.20. The van der Waals surface area contributed by atoms with E-state index in [1.54, 1.807) is 0 Å². The Bertz CT molecular complexity index is 1050. The molecule has 5 rings (SSSR count). The number of rotatable bonds is 3. The van der Waals surface area contributed by atoms with Crippen molar-refractivity contribution in [2.24, 2.45) is 40.4 Å². The smallest absolute Gasteiger partial charge is 0.326 e. The fourth-order valence-electron chi connectivity index (χ4n) is 8.57. The maximum absolute atomic E-state index is 13.4. The van der Waals surface area contributed by atoms with E-state index in [9.17, 15) is 22.8 Å². The zero-order valence-corrected chi connectivity index (χ0v) is 20.9. The van der Waals surface area contributed by atoms with Gasteiger partial charge in [-0.15, -0.1) is 0 Å². The summed E-state index contributed by atoms with van der Waals surface area (Å²) in [6.45, 7) is 6.89. The van der Waals surface area contributed by atoms with Crippen LogP contribution in [0.2, 0.25) is 0 Å². The van der Waals surface area contributed by atoms with Crippen molar-refractivity contribution in [1.29, 1.82) is 0 Å². The fraction of sp³-hybridized carbons (Fsp3) is 0.655. The van der Waals surface area contributed by atoms with Crippen molar-refractivity contribution < 1.29 is 22.8 Å². The molecule has 0 aliphatic heterocycles. The average Bonchev–Trinajstić information content (AvgIpc) is 3.16. The molecule has 3 fully saturated rings. The third-order valence-electron chi connectivity index (χ3n) is 10.4. The van der Waals surface area contributed by atoms with Crippen molar-refractivity contribution in [1.82, 2.24) is 0 Å². The Balaban J connectivity index is 1.36. The van der Waals surface area contributed by atoms with Crippen LogP contribution in [0.25, 0.3) is 0 Å². The lowest BCUT2D eigenvalue weighted by atomic mass is 9.45. The highest BCUT2D eigenvalue weighted by molar-refractivity contribution is 5.93. The molecule has 7 atom stereocenters. The van der Waals surface area contributed by atoms with Crippen molar-refractivity contribution in [2.45, 2.75) is 78.3 Å². The van der Waals surface area contributed by atoms with E-state index in [4.69, 9.17) is 0 Å². The molecule has 3 saturated carbocycles. The summed E-state index contributed by atoms with van der Waals surface area (Å²) in [4.78, 5) is 25.7. The van der Waals surface area contributed by atoms with Crippen molar-refractivity contribution >= 4 is 17.4 Å². The number of benzene rings is 1. The van der Waals surface area contributed by atoms with Crippen LogP contribution < -0.4 is 5.32 Å². The monoisotopic (exact) mass is 487 g/mol. The number of amides is 1. The molecule has 4 aliphatic rings. The molecule has 0 heterocycles. The van der Waals surface area contributed by atoms with E-state index < -0.39 is 11.7 Å². The third kappa shape index (κ3) is 3.95. The highest BCUT2D eigenvalue weighted by Crippen LogP contribution is 2.67. The number of anilines is 1. The number of halogens is 3. The van der Waals surface area contributed by atoms with Crippen LogP contribution in [0.15, 0.2) is 35.9 Å². The molecular formula is C29H36F3NO2. The maximum Gasteiger partial charge on any atom is 0.416 e. The summed E-state index contributed by atoms with van der Waals surface area (Å²) in [7, 11) is 0. The van der Waals surface area contributed by atoms with Crippen molar-refractivity contribution in [3.8, 4) is 0 Å². The predicted molar refractivity (Wildman–Crippen MR) is 129 cm³/mol. The number of carbonyl (C=O) groups excluding carboxylic acids is 2. The van der Waals surface area contributed by atoms with Gasteiger partial charge in [0.2, 0.25) is 5.91 Å². The van der Waals surface area contributed by atoms with Gasteiger partial charge in [-0.25, -0.2) is 0 Å². The highest BCUT2D eigenvalue weighted by atomic mass is 19.4. The molecule has 0 bridgehead atoms. The first-order chi connectivity index (χ1) is 16.5. The van der Waals surface area contributed by atoms with Gasteiger partial charge in [-0.3, -0.25) is 9.59 Å². The largest absolute Gasteiger partial charge is 0.416 e. The van der Waals surface area contributed by atoms with Crippen LogP contribution in [-0.2, 0) is 15.8 Å². The van der Waals surface area contributed by atoms with Gasteiger partial charge in [0, 0.05) is 18.0 Å². The standard InChI is InChI=1S/C29H36F3NO2/c1-4-17-15-21-22-9-10-24(26(35)33-19-7-5-18(6-8-19)29(30,31)32)27(22,2)14-12-23(21)28(3)13-11-20(34)16-25(17)28/h5-8,16-17,21-24H,4,9-15H2,1-3H3,(H,33,35)/t17-,21?,22?,23?,24-,27+,28-/m1/s1. The van der Waals surface area contributed by atoms with Crippen molar-refractivity contribution in [2.75, 3.05) is 5.32 Å². The summed E-state index contributed by atoms with van der Waals surface area (Å²) in [5, 5.41) is 2.92. The number of carbonyl (C=O) groups is 2. The molecule has 0 aromatic heterocycles. The number of nitrogens with one attached hydrogen (secondary N) is 1. The quantitative estimate of drug-likeness (QED) is 0.482. The van der Waals surface area contributed by atoms with Gasteiger partial charge in [0.15, 0.2) is 5.78 Å². The second kappa shape index (κ2) is 8.48. The molecule has 1 aromatic rings. The van der Waals surface area contributed by atoms with Crippen LogP contribution in [0.1, 0.15) is 77.7 Å². The summed E-state index contributed by atoms with van der Waals surface area (Å²) < 4.78 is 38.7. The molecule has 3 unspecified atom stereocenters. The molecule has 0 radical (unpaired) electrons. The summed E-state index contributed by atoms with van der Waals surface area (Å²) in [5.74, 6) is 2.09. The molecule has 0 saturated heterocycles. The Morgan fingerprint density at radius 2 is 1.77 bits per heavy atom. The predicted octanol–water partition coefficient (Wildman–Crippen LogP) is 7.43. The number of alkyl halides is 3. The van der Waals surface area contributed by atoms with Gasteiger partial charge in [0.25, 0.3) is 0 Å². The van der Waals surface area contributed by atoms with Crippen LogP contribution in [0, 0.1) is 40.4 Å². The van der Waals surface area contributed by atoms with E-state index in [0.717, 1.165) is 57.1 Å². The number of allylic oxidation sites excluding steroid dienone is 1. The second-order valence-electron chi connectivity index (χ2n) is 11.9. The van der Waals surface area contributed by atoms with Gasteiger partial charge in [-0.1, -0.05) is 26.3 Å². The fourth-order valence-corrected chi connectivity index (χ4v) is 8.57. The molecule has 3 nitrogen and oxygen atoms in total. The molecule has 35 heavy (non-hydrogen) atoms. The zero-order chi connectivity index (χ0) is 25.2. The Labute approximate surface area is 205 Å². The Kier molecular flexibility index (Phi) is 5.96. The number of hydrogen-bond donors (Lipinski definition) is 1. The van der Waals surface area contributed by atoms with Gasteiger partial charge in [-0.05, 0) is 110 Å². The van der Waals surface area contributed by atoms with Gasteiger partial charge in [0.1, 0.15) is 0 Å². The maximum atomic E-state index is 13.4. The Morgan fingerprint density at radius 1 is 1.06 bits per heavy atom. The first kappa shape index (κ1) is 24.6. The van der Waals surface area contributed by atoms with E-state index in [1.807, 2.05) is 6.08 Å². The lowest BCUT2D eigenvalue weighted by molar-refractivity contribution is -0.137. The van der Waals surface area contributed by atoms with Crippen LogP contribution in [0.4, 0.5) is 18.9 Å².